The van der Waals surface area contributed by atoms with Crippen LogP contribution >= 0.6 is 0 Å². The Labute approximate surface area is 152 Å². The van der Waals surface area contributed by atoms with Gasteiger partial charge >= 0.3 is 0 Å². The average molecular weight is 376 g/mol. The maximum atomic E-state index is 12.9. The topological polar surface area (TPSA) is 66.5 Å². The molecule has 0 unspecified atom stereocenters. The Balaban J connectivity index is 1.71. The zero-order valence-electron chi connectivity index (χ0n) is 14.5. The van der Waals surface area contributed by atoms with Crippen LogP contribution in [-0.4, -0.2) is 31.7 Å². The standard InChI is InChI=1S/C19H21FN2O3S/c1-14-3-2-12-22(13-14)26(24,25)18-10-8-17(9-11-18)21-19(23)15-4-6-16(20)7-5-15/h4-11,14H,2-3,12-13H2,1H3,(H,21,23)/t14-/m1/s1. The van der Waals surface area contributed by atoms with E-state index in [0.29, 0.717) is 30.3 Å². The number of rotatable bonds is 4. The van der Waals surface area contributed by atoms with Crippen molar-refractivity contribution in [3.63, 3.8) is 0 Å². The summed E-state index contributed by atoms with van der Waals surface area (Å²) in [4.78, 5) is 12.3. The Morgan fingerprint density at radius 1 is 1.12 bits per heavy atom. The van der Waals surface area contributed by atoms with Gasteiger partial charge in [-0.1, -0.05) is 6.92 Å². The number of carbonyl (C=O) groups excluding carboxylic acids is 1. The number of nitrogens with one attached hydrogen (secondary N) is 1. The molecule has 1 N–H and O–H groups in total. The van der Waals surface area contributed by atoms with Gasteiger partial charge in [0.2, 0.25) is 10.0 Å². The van der Waals surface area contributed by atoms with E-state index in [1.165, 1.54) is 40.7 Å². The molecule has 0 aliphatic carbocycles. The van der Waals surface area contributed by atoms with Gasteiger partial charge in [-0.05, 0) is 67.3 Å². The number of hydrogen-bond donors (Lipinski definition) is 1. The molecule has 138 valence electrons. The number of sulfonamides is 1. The summed E-state index contributed by atoms with van der Waals surface area (Å²) in [6.45, 7) is 3.12. The summed E-state index contributed by atoms with van der Waals surface area (Å²) in [5.41, 5.74) is 0.802. The number of halogens is 1. The smallest absolute Gasteiger partial charge is 0.255 e. The fourth-order valence-corrected chi connectivity index (χ4v) is 4.63. The largest absolute Gasteiger partial charge is 0.322 e. The number of carbonyl (C=O) groups is 1. The second-order valence-corrected chi connectivity index (χ2v) is 8.53. The van der Waals surface area contributed by atoms with E-state index in [9.17, 15) is 17.6 Å². The molecule has 2 aromatic carbocycles. The molecule has 1 fully saturated rings. The first-order chi connectivity index (χ1) is 12.4. The second-order valence-electron chi connectivity index (χ2n) is 6.60. The van der Waals surface area contributed by atoms with E-state index in [2.05, 4.69) is 12.2 Å². The zero-order valence-corrected chi connectivity index (χ0v) is 15.3. The molecule has 26 heavy (non-hydrogen) atoms. The molecular formula is C19H21FN2O3S. The lowest BCUT2D eigenvalue weighted by Gasteiger charge is -2.30. The van der Waals surface area contributed by atoms with Gasteiger partial charge in [0, 0.05) is 24.3 Å². The minimum absolute atomic E-state index is 0.214. The third-order valence-corrected chi connectivity index (χ3v) is 6.36. The van der Waals surface area contributed by atoms with Gasteiger partial charge in [-0.3, -0.25) is 4.79 Å². The maximum absolute atomic E-state index is 12.9. The Hall–Kier alpha value is -2.25. The highest BCUT2D eigenvalue weighted by molar-refractivity contribution is 7.89. The van der Waals surface area contributed by atoms with Crippen LogP contribution < -0.4 is 5.32 Å². The lowest BCUT2D eigenvalue weighted by Crippen LogP contribution is -2.39. The predicted octanol–water partition coefficient (Wildman–Crippen LogP) is 3.50. The number of benzene rings is 2. The average Bonchev–Trinajstić information content (AvgIpc) is 2.62. The van der Waals surface area contributed by atoms with E-state index in [1.54, 1.807) is 12.1 Å². The van der Waals surface area contributed by atoms with Crippen molar-refractivity contribution in [2.45, 2.75) is 24.7 Å². The van der Waals surface area contributed by atoms with Crippen LogP contribution in [-0.2, 0) is 10.0 Å². The van der Waals surface area contributed by atoms with E-state index >= 15 is 0 Å². The highest BCUT2D eigenvalue weighted by Gasteiger charge is 2.28. The lowest BCUT2D eigenvalue weighted by atomic mass is 10.0. The fraction of sp³-hybridized carbons (Fsp3) is 0.316. The fourth-order valence-electron chi connectivity index (χ4n) is 3.03. The maximum Gasteiger partial charge on any atom is 0.255 e. The Bertz CT molecular complexity index is 880. The van der Waals surface area contributed by atoms with Crippen molar-refractivity contribution < 1.29 is 17.6 Å². The first-order valence-electron chi connectivity index (χ1n) is 8.53. The lowest BCUT2D eigenvalue weighted by molar-refractivity contribution is 0.102. The van der Waals surface area contributed by atoms with Gasteiger partial charge < -0.3 is 5.32 Å². The monoisotopic (exact) mass is 376 g/mol. The van der Waals surface area contributed by atoms with Gasteiger partial charge in [-0.15, -0.1) is 0 Å². The van der Waals surface area contributed by atoms with Crippen LogP contribution in [0, 0.1) is 11.7 Å². The van der Waals surface area contributed by atoms with Crippen molar-refractivity contribution in [3.8, 4) is 0 Å². The molecule has 0 radical (unpaired) electrons. The van der Waals surface area contributed by atoms with E-state index in [-0.39, 0.29) is 10.8 Å². The number of piperidine rings is 1. The van der Waals surface area contributed by atoms with Crippen LogP contribution in [0.5, 0.6) is 0 Å². The van der Waals surface area contributed by atoms with E-state index in [1.807, 2.05) is 0 Å². The molecule has 1 aliphatic heterocycles. The van der Waals surface area contributed by atoms with Crippen LogP contribution in [0.2, 0.25) is 0 Å². The third kappa shape index (κ3) is 4.11. The first kappa shape index (κ1) is 18.5. The van der Waals surface area contributed by atoms with Crippen molar-refractivity contribution in [2.75, 3.05) is 18.4 Å². The SMILES string of the molecule is C[C@@H]1CCCN(S(=O)(=O)c2ccc(NC(=O)c3ccc(F)cc3)cc2)C1. The summed E-state index contributed by atoms with van der Waals surface area (Å²) < 4.78 is 39.9. The second kappa shape index (κ2) is 7.55. The molecule has 0 saturated carbocycles. The predicted molar refractivity (Wildman–Crippen MR) is 98.0 cm³/mol. The normalized spacial score (nSPS) is 18.5. The summed E-state index contributed by atoms with van der Waals surface area (Å²) in [7, 11) is -3.52. The van der Waals surface area contributed by atoms with Gasteiger partial charge in [0.15, 0.2) is 0 Å². The summed E-state index contributed by atoms with van der Waals surface area (Å²) in [5, 5.41) is 2.67. The molecule has 1 atom stereocenters. The first-order valence-corrected chi connectivity index (χ1v) is 9.97. The van der Waals surface area contributed by atoms with Crippen molar-refractivity contribution in [1.29, 1.82) is 0 Å². The molecule has 1 aliphatic rings. The zero-order chi connectivity index (χ0) is 18.7. The molecule has 7 heteroatoms. The molecule has 2 aromatic rings. The molecular weight excluding hydrogens is 355 g/mol. The van der Waals surface area contributed by atoms with Crippen molar-refractivity contribution in [3.05, 3.63) is 59.9 Å². The number of anilines is 1. The number of amides is 1. The van der Waals surface area contributed by atoms with Crippen molar-refractivity contribution >= 4 is 21.6 Å². The third-order valence-electron chi connectivity index (χ3n) is 4.48. The number of nitrogens with zero attached hydrogens (tertiary/aromatic N) is 1. The van der Waals surface area contributed by atoms with Crippen molar-refractivity contribution in [2.24, 2.45) is 5.92 Å². The van der Waals surface area contributed by atoms with E-state index in [0.717, 1.165) is 12.8 Å². The van der Waals surface area contributed by atoms with Gasteiger partial charge in [-0.25, -0.2) is 12.8 Å². The molecule has 1 heterocycles. The minimum atomic E-state index is -3.52. The molecule has 3 rings (SSSR count). The molecule has 0 aromatic heterocycles. The Morgan fingerprint density at radius 3 is 2.38 bits per heavy atom. The van der Waals surface area contributed by atoms with Crippen LogP contribution in [0.15, 0.2) is 53.4 Å². The van der Waals surface area contributed by atoms with Crippen molar-refractivity contribution in [1.82, 2.24) is 4.31 Å². The highest BCUT2D eigenvalue weighted by atomic mass is 32.2. The molecule has 0 bridgehead atoms. The summed E-state index contributed by atoms with van der Waals surface area (Å²) in [6, 6.07) is 11.3. The quantitative estimate of drug-likeness (QED) is 0.888. The summed E-state index contributed by atoms with van der Waals surface area (Å²) in [6.07, 6.45) is 1.91. The minimum Gasteiger partial charge on any atom is -0.322 e. The molecule has 1 amide bonds. The van der Waals surface area contributed by atoms with Gasteiger partial charge in [0.1, 0.15) is 5.82 Å². The van der Waals surface area contributed by atoms with Crippen LogP contribution in [0.25, 0.3) is 0 Å². The van der Waals surface area contributed by atoms with E-state index < -0.39 is 15.8 Å². The molecule has 1 saturated heterocycles. The Kier molecular flexibility index (Phi) is 5.38. The van der Waals surface area contributed by atoms with Gasteiger partial charge in [0.05, 0.1) is 4.90 Å². The van der Waals surface area contributed by atoms with E-state index in [4.69, 9.17) is 0 Å². The summed E-state index contributed by atoms with van der Waals surface area (Å²) >= 11 is 0. The van der Waals surface area contributed by atoms with Crippen LogP contribution in [0.3, 0.4) is 0 Å². The molecule has 5 nitrogen and oxygen atoms in total. The Morgan fingerprint density at radius 2 is 1.77 bits per heavy atom. The van der Waals surface area contributed by atoms with Crippen LogP contribution in [0.4, 0.5) is 10.1 Å². The highest BCUT2D eigenvalue weighted by Crippen LogP contribution is 2.24. The van der Waals surface area contributed by atoms with Gasteiger partial charge in [-0.2, -0.15) is 4.31 Å². The van der Waals surface area contributed by atoms with Crippen LogP contribution in [0.1, 0.15) is 30.1 Å². The molecule has 0 spiro atoms. The van der Waals surface area contributed by atoms with Gasteiger partial charge in [0.25, 0.3) is 5.91 Å². The summed E-state index contributed by atoms with van der Waals surface area (Å²) in [5.74, 6) is -0.443. The number of hydrogen-bond acceptors (Lipinski definition) is 3.